The molecule has 0 bridgehead atoms. The summed E-state index contributed by atoms with van der Waals surface area (Å²) in [6.07, 6.45) is 3.53. The molecule has 9 heteroatoms. The molecule has 0 aliphatic rings. The van der Waals surface area contributed by atoms with Crippen molar-refractivity contribution in [2.24, 2.45) is 14.1 Å². The van der Waals surface area contributed by atoms with Gasteiger partial charge in [0.1, 0.15) is 0 Å². The minimum Gasteiger partial charge on any atom is -0.493 e. The normalized spacial score (nSPS) is 11.1. The van der Waals surface area contributed by atoms with Crippen molar-refractivity contribution in [1.29, 1.82) is 0 Å². The molecule has 2 heterocycles. The molecule has 154 valence electrons. The average molecular weight is 427 g/mol. The van der Waals surface area contributed by atoms with Gasteiger partial charge in [0.15, 0.2) is 5.75 Å². The third-order valence-corrected chi connectivity index (χ3v) is 5.38. The predicted molar refractivity (Wildman–Crippen MR) is 115 cm³/mol. The molecule has 4 aromatic rings. The zero-order chi connectivity index (χ0) is 21.6. The molecular formula is C21H19ClN4O4. The maximum absolute atomic E-state index is 11.6. The molecule has 0 amide bonds. The molecule has 8 nitrogen and oxygen atoms in total. The zero-order valence-corrected chi connectivity index (χ0v) is 17.6. The number of aromatic nitrogens is 3. The highest BCUT2D eigenvalue weighted by atomic mass is 35.5. The van der Waals surface area contributed by atoms with Gasteiger partial charge in [0, 0.05) is 48.4 Å². The van der Waals surface area contributed by atoms with E-state index in [1.807, 2.05) is 47.6 Å². The van der Waals surface area contributed by atoms with Crippen LogP contribution in [0.25, 0.3) is 33.4 Å². The van der Waals surface area contributed by atoms with Crippen LogP contribution in [-0.4, -0.2) is 33.3 Å². The van der Waals surface area contributed by atoms with E-state index in [4.69, 9.17) is 21.1 Å². The van der Waals surface area contributed by atoms with Gasteiger partial charge >= 0.3 is 5.69 Å². The number of fused-ring (bicyclic) bond motifs is 1. The van der Waals surface area contributed by atoms with Gasteiger partial charge in [0.05, 0.1) is 41.9 Å². The summed E-state index contributed by atoms with van der Waals surface area (Å²) in [6, 6.07) is 9.10. The van der Waals surface area contributed by atoms with Crippen molar-refractivity contribution < 1.29 is 14.4 Å². The average Bonchev–Trinajstić information content (AvgIpc) is 3.25. The van der Waals surface area contributed by atoms with E-state index in [9.17, 15) is 10.1 Å². The molecule has 0 saturated heterocycles. The fourth-order valence-electron chi connectivity index (χ4n) is 3.69. The minimum atomic E-state index is -0.497. The number of rotatable bonds is 5. The van der Waals surface area contributed by atoms with Crippen LogP contribution in [0, 0.1) is 10.1 Å². The van der Waals surface area contributed by atoms with Crippen LogP contribution in [0.3, 0.4) is 0 Å². The first-order chi connectivity index (χ1) is 14.3. The van der Waals surface area contributed by atoms with Crippen molar-refractivity contribution in [1.82, 2.24) is 14.1 Å². The van der Waals surface area contributed by atoms with Gasteiger partial charge in [-0.25, -0.2) is 4.98 Å². The van der Waals surface area contributed by atoms with Crippen LogP contribution in [0.5, 0.6) is 11.5 Å². The van der Waals surface area contributed by atoms with E-state index in [1.54, 1.807) is 12.4 Å². The van der Waals surface area contributed by atoms with Gasteiger partial charge in [-0.15, -0.1) is 0 Å². The van der Waals surface area contributed by atoms with Crippen LogP contribution >= 0.6 is 11.6 Å². The van der Waals surface area contributed by atoms with Gasteiger partial charge in [-0.1, -0.05) is 17.7 Å². The van der Waals surface area contributed by atoms with E-state index in [0.717, 1.165) is 22.2 Å². The highest BCUT2D eigenvalue weighted by molar-refractivity contribution is 6.35. The van der Waals surface area contributed by atoms with Crippen molar-refractivity contribution in [3.05, 3.63) is 58.0 Å². The monoisotopic (exact) mass is 426 g/mol. The standard InChI is InChI=1S/C21H19ClN4O4/c1-24-10-15(22)14-7-12(5-6-16(14)24)20-19(23-11-25(20)2)13-8-17(26(27)28)21(30-4)18(9-13)29-3/h5-11H,1-4H3. The van der Waals surface area contributed by atoms with Gasteiger partial charge in [-0.3, -0.25) is 10.1 Å². The topological polar surface area (TPSA) is 84.4 Å². The number of ether oxygens (including phenoxy) is 2. The Morgan fingerprint density at radius 2 is 1.83 bits per heavy atom. The molecule has 0 spiro atoms. The summed E-state index contributed by atoms with van der Waals surface area (Å²) in [5.41, 5.74) is 3.66. The summed E-state index contributed by atoms with van der Waals surface area (Å²) in [5, 5.41) is 13.2. The van der Waals surface area contributed by atoms with Crippen LogP contribution in [-0.2, 0) is 14.1 Å². The molecule has 30 heavy (non-hydrogen) atoms. The predicted octanol–water partition coefficient (Wildman–Crippen LogP) is 4.82. The van der Waals surface area contributed by atoms with Crippen LogP contribution < -0.4 is 9.47 Å². The number of nitro benzene ring substituents is 1. The number of methoxy groups -OCH3 is 2. The fourth-order valence-corrected chi connectivity index (χ4v) is 3.99. The third kappa shape index (κ3) is 3.05. The Hall–Kier alpha value is -3.52. The first-order valence-corrected chi connectivity index (χ1v) is 9.40. The van der Waals surface area contributed by atoms with E-state index >= 15 is 0 Å². The van der Waals surface area contributed by atoms with Crippen LogP contribution in [0.15, 0.2) is 42.9 Å². The maximum Gasteiger partial charge on any atom is 0.315 e. The Morgan fingerprint density at radius 3 is 2.50 bits per heavy atom. The molecular weight excluding hydrogens is 408 g/mol. The Morgan fingerprint density at radius 1 is 1.07 bits per heavy atom. The number of hydrogen-bond donors (Lipinski definition) is 0. The quantitative estimate of drug-likeness (QED) is 0.337. The number of imidazole rings is 1. The van der Waals surface area contributed by atoms with Crippen LogP contribution in [0.4, 0.5) is 5.69 Å². The molecule has 0 atom stereocenters. The van der Waals surface area contributed by atoms with Crippen molar-refractivity contribution in [3.63, 3.8) is 0 Å². The van der Waals surface area contributed by atoms with E-state index in [1.165, 1.54) is 20.3 Å². The summed E-state index contributed by atoms with van der Waals surface area (Å²) in [6.45, 7) is 0. The number of aryl methyl sites for hydroxylation is 2. The van der Waals surface area contributed by atoms with Gasteiger partial charge < -0.3 is 18.6 Å². The molecule has 0 aliphatic heterocycles. The van der Waals surface area contributed by atoms with Gasteiger partial charge in [0.25, 0.3) is 0 Å². The lowest BCUT2D eigenvalue weighted by molar-refractivity contribution is -0.385. The number of benzene rings is 2. The lowest BCUT2D eigenvalue weighted by Gasteiger charge is -2.12. The number of nitro groups is 1. The smallest absolute Gasteiger partial charge is 0.315 e. The Labute approximate surface area is 177 Å². The number of hydrogen-bond acceptors (Lipinski definition) is 5. The van der Waals surface area contributed by atoms with Crippen molar-refractivity contribution in [2.45, 2.75) is 0 Å². The van der Waals surface area contributed by atoms with Gasteiger partial charge in [-0.2, -0.15) is 0 Å². The molecule has 2 aromatic carbocycles. The SMILES string of the molecule is COc1cc(-c2ncn(C)c2-c2ccc3c(c2)c(Cl)cn3C)cc([N+](=O)[O-])c1OC. The molecule has 0 unspecified atom stereocenters. The highest BCUT2D eigenvalue weighted by Gasteiger charge is 2.24. The summed E-state index contributed by atoms with van der Waals surface area (Å²) in [7, 11) is 6.62. The second-order valence-electron chi connectivity index (χ2n) is 6.86. The van der Waals surface area contributed by atoms with Crippen molar-refractivity contribution in [3.8, 4) is 34.0 Å². The first kappa shape index (κ1) is 19.8. The lowest BCUT2D eigenvalue weighted by atomic mass is 10.0. The number of nitrogens with zero attached hydrogens (tertiary/aromatic N) is 4. The zero-order valence-electron chi connectivity index (χ0n) is 16.8. The molecule has 0 fully saturated rings. The summed E-state index contributed by atoms with van der Waals surface area (Å²) in [4.78, 5) is 15.6. The summed E-state index contributed by atoms with van der Waals surface area (Å²) in [5.74, 6) is 0.334. The third-order valence-electron chi connectivity index (χ3n) is 5.08. The minimum absolute atomic E-state index is 0.0706. The van der Waals surface area contributed by atoms with E-state index < -0.39 is 4.92 Å². The van der Waals surface area contributed by atoms with Crippen molar-refractivity contribution >= 4 is 28.2 Å². The maximum atomic E-state index is 11.6. The first-order valence-electron chi connectivity index (χ1n) is 9.02. The molecule has 0 radical (unpaired) electrons. The second kappa shape index (κ2) is 7.38. The highest BCUT2D eigenvalue weighted by Crippen LogP contribution is 2.43. The Bertz CT molecular complexity index is 1290. The van der Waals surface area contributed by atoms with Gasteiger partial charge in [0.2, 0.25) is 5.75 Å². The lowest BCUT2D eigenvalue weighted by Crippen LogP contribution is -1.99. The fraction of sp³-hybridized carbons (Fsp3) is 0.190. The van der Waals surface area contributed by atoms with E-state index in [-0.39, 0.29) is 17.2 Å². The number of halogens is 1. The van der Waals surface area contributed by atoms with Gasteiger partial charge in [-0.05, 0) is 18.2 Å². The Kier molecular flexibility index (Phi) is 4.87. The molecule has 0 N–H and O–H groups in total. The van der Waals surface area contributed by atoms with E-state index in [0.29, 0.717) is 16.3 Å². The van der Waals surface area contributed by atoms with Crippen LogP contribution in [0.1, 0.15) is 0 Å². The molecule has 4 rings (SSSR count). The summed E-state index contributed by atoms with van der Waals surface area (Å²) < 4.78 is 14.4. The molecule has 0 saturated carbocycles. The van der Waals surface area contributed by atoms with Crippen molar-refractivity contribution in [2.75, 3.05) is 14.2 Å². The Balaban J connectivity index is 1.95. The summed E-state index contributed by atoms with van der Waals surface area (Å²) >= 11 is 6.39. The van der Waals surface area contributed by atoms with Crippen LogP contribution in [0.2, 0.25) is 5.02 Å². The second-order valence-corrected chi connectivity index (χ2v) is 7.27. The molecule has 2 aromatic heterocycles. The largest absolute Gasteiger partial charge is 0.493 e. The molecule has 0 aliphatic carbocycles. The van der Waals surface area contributed by atoms with E-state index in [2.05, 4.69) is 4.98 Å².